The Morgan fingerprint density at radius 3 is 1.28 bits per heavy atom. The van der Waals surface area contributed by atoms with E-state index in [-0.39, 0.29) is 25.9 Å². The number of esters is 3. The predicted octanol–water partition coefficient (Wildman–Crippen LogP) is 15.4. The molecule has 0 amide bonds. The number of aliphatic hydroxyl groups excluding tert-OH is 1. The van der Waals surface area contributed by atoms with E-state index in [0.717, 1.165) is 96.3 Å². The zero-order valence-electron chi connectivity index (χ0n) is 43.1. The van der Waals surface area contributed by atoms with Crippen molar-refractivity contribution in [3.8, 4) is 0 Å². The molecule has 0 radical (unpaired) electrons. The average Bonchev–Trinajstić information content (AvgIpc) is 3.32. The van der Waals surface area contributed by atoms with E-state index in [1.54, 1.807) is 0 Å². The standard InChI is InChI=1S/C56H97O11P/c1-4-7-10-13-16-19-22-24-25-26-27-29-32-35-38-41-44-47-56(60)67-53(49-63-54(58)45-42-39-36-33-31-28-23-20-17-14-11-8-5-2)51-65-68(61,62)64-50-52(48-57)66-55(59)46-43-40-37-34-30-21-18-15-12-9-6-3/h8,11,15,17-18,20,24-25,28,31,36,39,52-53,57H,4-7,9-10,12-14,16,19,21-23,26-27,29-30,32-35,37-38,40-51H2,1-3H3,(H,61,62)/b11-8-,18-15-,20-17-,25-24-,31-28-,39-36-. The monoisotopic (exact) mass is 977 g/mol. The van der Waals surface area contributed by atoms with Crippen molar-refractivity contribution < 1.29 is 52.2 Å². The number of carbonyl (C=O) groups excluding carboxylic acids is 3. The first-order valence-corrected chi connectivity index (χ1v) is 28.3. The number of hydrogen-bond donors (Lipinski definition) is 2. The minimum atomic E-state index is -4.76. The van der Waals surface area contributed by atoms with Crippen LogP contribution < -0.4 is 0 Å². The first-order valence-electron chi connectivity index (χ1n) is 26.8. The molecule has 0 aliphatic rings. The van der Waals surface area contributed by atoms with Crippen LogP contribution in [0.5, 0.6) is 0 Å². The summed E-state index contributed by atoms with van der Waals surface area (Å²) in [7, 11) is -4.76. The molecule has 0 saturated heterocycles. The summed E-state index contributed by atoms with van der Waals surface area (Å²) >= 11 is 0. The second kappa shape index (κ2) is 50.3. The van der Waals surface area contributed by atoms with Gasteiger partial charge in [-0.1, -0.05) is 190 Å². The Labute approximate surface area is 414 Å². The van der Waals surface area contributed by atoms with Gasteiger partial charge < -0.3 is 24.2 Å². The van der Waals surface area contributed by atoms with Crippen molar-refractivity contribution >= 4 is 25.7 Å². The third-order valence-corrected chi connectivity index (χ3v) is 12.0. The van der Waals surface area contributed by atoms with E-state index in [2.05, 4.69) is 81.5 Å². The SMILES string of the molecule is CC/C=C\C/C=C\C/C=C\C/C=C\CCC(=O)OCC(COP(=O)(O)OCC(CO)OC(=O)CCCCCCC/C=C\CCCC)OC(=O)CCCCCCCCC/C=C\CCCCCCCC. The summed E-state index contributed by atoms with van der Waals surface area (Å²) in [6, 6.07) is 0. The zero-order valence-corrected chi connectivity index (χ0v) is 43.9. The lowest BCUT2D eigenvalue weighted by atomic mass is 10.1. The van der Waals surface area contributed by atoms with Crippen molar-refractivity contribution in [2.75, 3.05) is 26.4 Å². The maximum Gasteiger partial charge on any atom is 0.472 e. The lowest BCUT2D eigenvalue weighted by Gasteiger charge is -2.21. The smallest absolute Gasteiger partial charge is 0.462 e. The lowest BCUT2D eigenvalue weighted by molar-refractivity contribution is -0.161. The van der Waals surface area contributed by atoms with E-state index in [9.17, 15) is 28.9 Å². The Kier molecular flexibility index (Phi) is 48.0. The molecule has 3 unspecified atom stereocenters. The fourth-order valence-corrected chi connectivity index (χ4v) is 7.78. The van der Waals surface area contributed by atoms with Gasteiger partial charge in [-0.2, -0.15) is 0 Å². The molecule has 0 aromatic rings. The van der Waals surface area contributed by atoms with Crippen molar-refractivity contribution in [3.63, 3.8) is 0 Å². The molecule has 0 aliphatic carbocycles. The van der Waals surface area contributed by atoms with E-state index in [1.165, 1.54) is 70.6 Å². The van der Waals surface area contributed by atoms with Crippen molar-refractivity contribution in [2.45, 2.75) is 238 Å². The number of carbonyl (C=O) groups is 3. The fourth-order valence-electron chi connectivity index (χ4n) is 6.99. The molecule has 0 spiro atoms. The molecule has 68 heavy (non-hydrogen) atoms. The number of hydrogen-bond acceptors (Lipinski definition) is 10. The van der Waals surface area contributed by atoms with Crippen LogP contribution in [0.1, 0.15) is 226 Å². The van der Waals surface area contributed by atoms with Gasteiger partial charge in [0.15, 0.2) is 6.10 Å². The second-order valence-electron chi connectivity index (χ2n) is 17.7. The van der Waals surface area contributed by atoms with Crippen LogP contribution in [0, 0.1) is 0 Å². The highest BCUT2D eigenvalue weighted by Crippen LogP contribution is 2.43. The van der Waals surface area contributed by atoms with Gasteiger partial charge in [-0.25, -0.2) is 4.57 Å². The Hall–Kier alpha value is -3.08. The van der Waals surface area contributed by atoms with Crippen molar-refractivity contribution in [3.05, 3.63) is 72.9 Å². The molecule has 12 heteroatoms. The van der Waals surface area contributed by atoms with Gasteiger partial charge in [0.05, 0.1) is 19.8 Å². The van der Waals surface area contributed by atoms with Crippen LogP contribution in [0.3, 0.4) is 0 Å². The van der Waals surface area contributed by atoms with Crippen LogP contribution in [0.4, 0.5) is 0 Å². The van der Waals surface area contributed by atoms with Gasteiger partial charge in [0, 0.05) is 19.3 Å². The molecule has 11 nitrogen and oxygen atoms in total. The first-order chi connectivity index (χ1) is 33.2. The van der Waals surface area contributed by atoms with Crippen LogP contribution in [-0.4, -0.2) is 66.5 Å². The molecular formula is C56H97O11P. The highest BCUT2D eigenvalue weighted by molar-refractivity contribution is 7.47. The molecular weight excluding hydrogens is 880 g/mol. The maximum absolute atomic E-state index is 12.9. The quantitative estimate of drug-likeness (QED) is 0.0197. The molecule has 0 rings (SSSR count). The molecule has 0 heterocycles. The summed E-state index contributed by atoms with van der Waals surface area (Å²) in [6.07, 6.45) is 54.6. The second-order valence-corrected chi connectivity index (χ2v) is 19.1. The molecule has 0 aliphatic heterocycles. The van der Waals surface area contributed by atoms with Crippen LogP contribution in [-0.2, 0) is 42.2 Å². The summed E-state index contributed by atoms with van der Waals surface area (Å²) in [4.78, 5) is 48.3. The van der Waals surface area contributed by atoms with Crippen LogP contribution >= 0.6 is 7.82 Å². The minimum Gasteiger partial charge on any atom is -0.462 e. The number of unbranched alkanes of at least 4 members (excludes halogenated alkanes) is 20. The highest BCUT2D eigenvalue weighted by atomic mass is 31.2. The van der Waals surface area contributed by atoms with Crippen LogP contribution in [0.15, 0.2) is 72.9 Å². The van der Waals surface area contributed by atoms with E-state index < -0.39 is 57.8 Å². The van der Waals surface area contributed by atoms with Gasteiger partial charge in [0.2, 0.25) is 0 Å². The van der Waals surface area contributed by atoms with E-state index in [0.29, 0.717) is 19.3 Å². The maximum atomic E-state index is 12.9. The summed E-state index contributed by atoms with van der Waals surface area (Å²) < 4.78 is 39.3. The number of rotatable bonds is 49. The van der Waals surface area contributed by atoms with E-state index >= 15 is 0 Å². The summed E-state index contributed by atoms with van der Waals surface area (Å²) in [5, 5.41) is 9.76. The van der Waals surface area contributed by atoms with Crippen molar-refractivity contribution in [1.29, 1.82) is 0 Å². The molecule has 3 atom stereocenters. The summed E-state index contributed by atoms with van der Waals surface area (Å²) in [5.41, 5.74) is 0. The third kappa shape index (κ3) is 48.0. The van der Waals surface area contributed by atoms with Gasteiger partial charge in [-0.05, 0) is 89.9 Å². The average molecular weight is 977 g/mol. The Morgan fingerprint density at radius 1 is 0.426 bits per heavy atom. The van der Waals surface area contributed by atoms with Crippen LogP contribution in [0.2, 0.25) is 0 Å². The molecule has 0 bridgehead atoms. The molecule has 0 saturated carbocycles. The Balaban J connectivity index is 4.82. The third-order valence-electron chi connectivity index (χ3n) is 11.1. The van der Waals surface area contributed by atoms with Gasteiger partial charge in [0.1, 0.15) is 12.7 Å². The van der Waals surface area contributed by atoms with Gasteiger partial charge in [0.25, 0.3) is 0 Å². The summed E-state index contributed by atoms with van der Waals surface area (Å²) in [6.45, 7) is 4.38. The number of phosphoric acid groups is 1. The Morgan fingerprint density at radius 2 is 0.809 bits per heavy atom. The topological polar surface area (TPSA) is 155 Å². The minimum absolute atomic E-state index is 0.103. The van der Waals surface area contributed by atoms with Crippen molar-refractivity contribution in [1.82, 2.24) is 0 Å². The lowest BCUT2D eigenvalue weighted by Crippen LogP contribution is -2.30. The normalized spacial score (nSPS) is 14.0. The predicted molar refractivity (Wildman–Crippen MR) is 279 cm³/mol. The first kappa shape index (κ1) is 64.9. The summed E-state index contributed by atoms with van der Waals surface area (Å²) in [5.74, 6) is -1.58. The Bertz CT molecular complexity index is 1420. The van der Waals surface area contributed by atoms with Gasteiger partial charge in [-0.3, -0.25) is 23.4 Å². The van der Waals surface area contributed by atoms with E-state index in [1.807, 2.05) is 12.2 Å². The van der Waals surface area contributed by atoms with Crippen molar-refractivity contribution in [2.24, 2.45) is 0 Å². The fraction of sp³-hybridized carbons (Fsp3) is 0.732. The number of ether oxygens (including phenoxy) is 3. The number of allylic oxidation sites excluding steroid dienone is 12. The van der Waals surface area contributed by atoms with Gasteiger partial charge >= 0.3 is 25.7 Å². The zero-order chi connectivity index (χ0) is 49.9. The van der Waals surface area contributed by atoms with Gasteiger partial charge in [-0.15, -0.1) is 0 Å². The van der Waals surface area contributed by atoms with E-state index in [4.69, 9.17) is 23.3 Å². The number of phosphoric ester groups is 1. The largest absolute Gasteiger partial charge is 0.472 e. The molecule has 392 valence electrons. The molecule has 0 aromatic heterocycles. The van der Waals surface area contributed by atoms with Crippen LogP contribution in [0.25, 0.3) is 0 Å². The highest BCUT2D eigenvalue weighted by Gasteiger charge is 2.28. The number of aliphatic hydroxyl groups is 1. The molecule has 0 aromatic carbocycles. The molecule has 0 fully saturated rings. The molecule has 2 N–H and O–H groups in total.